The molecular formula is C20H23N7OS. The van der Waals surface area contributed by atoms with E-state index in [1.807, 2.05) is 36.5 Å². The van der Waals surface area contributed by atoms with Gasteiger partial charge < -0.3 is 10.2 Å². The van der Waals surface area contributed by atoms with Crippen molar-refractivity contribution in [1.82, 2.24) is 25.5 Å². The van der Waals surface area contributed by atoms with E-state index < -0.39 is 0 Å². The van der Waals surface area contributed by atoms with Gasteiger partial charge in [0.05, 0.1) is 0 Å². The molecule has 0 spiro atoms. The maximum Gasteiger partial charge on any atom is 0.321 e. The lowest BCUT2D eigenvalue weighted by Gasteiger charge is -2.21. The highest BCUT2D eigenvalue weighted by atomic mass is 32.1. The summed E-state index contributed by atoms with van der Waals surface area (Å²) in [5, 5.41) is 14.7. The molecule has 8 nitrogen and oxygen atoms in total. The van der Waals surface area contributed by atoms with Crippen molar-refractivity contribution in [3.63, 3.8) is 0 Å². The Hall–Kier alpha value is -3.07. The van der Waals surface area contributed by atoms with E-state index in [1.165, 1.54) is 37.0 Å². The van der Waals surface area contributed by atoms with E-state index in [9.17, 15) is 4.79 Å². The van der Waals surface area contributed by atoms with E-state index in [-0.39, 0.29) is 6.03 Å². The average Bonchev–Trinajstić information content (AvgIpc) is 3.05. The van der Waals surface area contributed by atoms with Gasteiger partial charge in [0.15, 0.2) is 5.01 Å². The molecule has 0 bridgehead atoms. The number of hydrogen-bond donors (Lipinski definition) is 2. The minimum absolute atomic E-state index is 0.328. The summed E-state index contributed by atoms with van der Waals surface area (Å²) in [5.41, 5.74) is 1.68. The van der Waals surface area contributed by atoms with Crippen LogP contribution in [-0.4, -0.2) is 39.3 Å². The van der Waals surface area contributed by atoms with Gasteiger partial charge in [-0.3, -0.25) is 10.3 Å². The summed E-state index contributed by atoms with van der Waals surface area (Å²) < 4.78 is 0. The molecule has 2 N–H and O–H groups in total. The van der Waals surface area contributed by atoms with Crippen LogP contribution < -0.4 is 15.5 Å². The normalized spacial score (nSPS) is 14.3. The zero-order valence-corrected chi connectivity index (χ0v) is 16.9. The number of aromatic nitrogens is 4. The number of carbonyl (C=O) groups excluding carboxylic acids is 1. The highest BCUT2D eigenvalue weighted by Crippen LogP contribution is 2.24. The first kappa shape index (κ1) is 19.3. The first-order chi connectivity index (χ1) is 14.3. The Morgan fingerprint density at radius 1 is 1.03 bits per heavy atom. The van der Waals surface area contributed by atoms with Crippen LogP contribution in [0.15, 0.2) is 42.7 Å². The molecule has 0 aromatic carbocycles. The predicted molar refractivity (Wildman–Crippen MR) is 114 cm³/mol. The van der Waals surface area contributed by atoms with E-state index in [0.29, 0.717) is 16.7 Å². The van der Waals surface area contributed by atoms with Gasteiger partial charge in [-0.15, -0.1) is 10.2 Å². The van der Waals surface area contributed by atoms with E-state index in [1.54, 1.807) is 6.20 Å². The molecule has 1 fully saturated rings. The van der Waals surface area contributed by atoms with Crippen LogP contribution >= 0.6 is 11.3 Å². The van der Waals surface area contributed by atoms with Crippen molar-refractivity contribution in [2.45, 2.75) is 32.2 Å². The van der Waals surface area contributed by atoms with E-state index in [0.717, 1.165) is 30.2 Å². The van der Waals surface area contributed by atoms with Crippen LogP contribution in [-0.2, 0) is 6.54 Å². The largest absolute Gasteiger partial charge is 0.357 e. The summed E-state index contributed by atoms with van der Waals surface area (Å²) in [7, 11) is 0. The van der Waals surface area contributed by atoms with Gasteiger partial charge in [0.1, 0.15) is 11.5 Å². The number of urea groups is 1. The maximum absolute atomic E-state index is 12.2. The van der Waals surface area contributed by atoms with Crippen LogP contribution in [0.25, 0.3) is 10.7 Å². The SMILES string of the molecule is O=C(NCc1ccc(N2CCCCCC2)nc1)Nc1nnc(-c2ccccn2)s1. The highest BCUT2D eigenvalue weighted by Gasteiger charge is 2.12. The minimum atomic E-state index is -0.328. The number of rotatable bonds is 5. The average molecular weight is 410 g/mol. The molecule has 1 aliphatic rings. The number of pyridine rings is 2. The third kappa shape index (κ3) is 5.26. The van der Waals surface area contributed by atoms with Crippen molar-refractivity contribution in [2.75, 3.05) is 23.3 Å². The molecule has 150 valence electrons. The van der Waals surface area contributed by atoms with Crippen molar-refractivity contribution in [1.29, 1.82) is 0 Å². The summed E-state index contributed by atoms with van der Waals surface area (Å²) in [5.74, 6) is 1.01. The molecule has 1 aliphatic heterocycles. The lowest BCUT2D eigenvalue weighted by atomic mass is 10.2. The summed E-state index contributed by atoms with van der Waals surface area (Å²) in [6.45, 7) is 2.52. The smallest absolute Gasteiger partial charge is 0.321 e. The Morgan fingerprint density at radius 3 is 2.62 bits per heavy atom. The molecule has 1 saturated heterocycles. The molecule has 3 aromatic rings. The lowest BCUT2D eigenvalue weighted by molar-refractivity contribution is 0.251. The molecule has 0 aliphatic carbocycles. The Balaban J connectivity index is 1.28. The molecule has 29 heavy (non-hydrogen) atoms. The minimum Gasteiger partial charge on any atom is -0.357 e. The van der Waals surface area contributed by atoms with Crippen molar-refractivity contribution >= 4 is 28.3 Å². The Labute approximate surface area is 173 Å². The van der Waals surface area contributed by atoms with E-state index in [4.69, 9.17) is 0 Å². The molecule has 0 atom stereocenters. The monoisotopic (exact) mass is 409 g/mol. The number of carbonyl (C=O) groups is 1. The Bertz CT molecular complexity index is 922. The molecule has 0 radical (unpaired) electrons. The van der Waals surface area contributed by atoms with Gasteiger partial charge in [-0.05, 0) is 36.6 Å². The quantitative estimate of drug-likeness (QED) is 0.667. The summed E-state index contributed by atoms with van der Waals surface area (Å²) in [6.07, 6.45) is 8.56. The van der Waals surface area contributed by atoms with Gasteiger partial charge in [-0.2, -0.15) is 0 Å². The van der Waals surface area contributed by atoms with Gasteiger partial charge in [0.25, 0.3) is 0 Å². The molecule has 0 unspecified atom stereocenters. The van der Waals surface area contributed by atoms with Crippen LogP contribution in [0.5, 0.6) is 0 Å². The number of nitrogens with one attached hydrogen (secondary N) is 2. The lowest BCUT2D eigenvalue weighted by Crippen LogP contribution is -2.28. The highest BCUT2D eigenvalue weighted by molar-refractivity contribution is 7.18. The summed E-state index contributed by atoms with van der Waals surface area (Å²) in [6, 6.07) is 9.29. The number of anilines is 2. The molecule has 0 saturated carbocycles. The van der Waals surface area contributed by atoms with Crippen LogP contribution in [0, 0.1) is 0 Å². The number of amides is 2. The van der Waals surface area contributed by atoms with Crippen molar-refractivity contribution in [2.24, 2.45) is 0 Å². The fourth-order valence-corrected chi connectivity index (χ4v) is 3.91. The third-order valence-corrected chi connectivity index (χ3v) is 5.58. The first-order valence-corrected chi connectivity index (χ1v) is 10.6. The summed E-state index contributed by atoms with van der Waals surface area (Å²) in [4.78, 5) is 23.3. The number of hydrogen-bond acceptors (Lipinski definition) is 7. The van der Waals surface area contributed by atoms with Crippen LogP contribution in [0.4, 0.5) is 15.7 Å². The second-order valence-corrected chi connectivity index (χ2v) is 7.84. The maximum atomic E-state index is 12.2. The topological polar surface area (TPSA) is 95.9 Å². The van der Waals surface area contributed by atoms with Crippen LogP contribution in [0.1, 0.15) is 31.2 Å². The van der Waals surface area contributed by atoms with Gasteiger partial charge in [0.2, 0.25) is 5.13 Å². The Morgan fingerprint density at radius 2 is 1.90 bits per heavy atom. The molecular weight excluding hydrogens is 386 g/mol. The van der Waals surface area contributed by atoms with Crippen molar-refractivity contribution in [3.05, 3.63) is 48.3 Å². The van der Waals surface area contributed by atoms with Crippen molar-refractivity contribution in [3.8, 4) is 10.7 Å². The first-order valence-electron chi connectivity index (χ1n) is 9.77. The zero-order valence-electron chi connectivity index (χ0n) is 16.0. The molecule has 2 amide bonds. The van der Waals surface area contributed by atoms with Gasteiger partial charge in [0, 0.05) is 32.0 Å². The zero-order chi connectivity index (χ0) is 19.9. The summed E-state index contributed by atoms with van der Waals surface area (Å²) >= 11 is 1.28. The fraction of sp³-hybridized carbons (Fsp3) is 0.350. The van der Waals surface area contributed by atoms with Gasteiger partial charge >= 0.3 is 6.03 Å². The van der Waals surface area contributed by atoms with Crippen LogP contribution in [0.3, 0.4) is 0 Å². The molecule has 4 rings (SSSR count). The Kier molecular flexibility index (Phi) is 6.25. The predicted octanol–water partition coefficient (Wildman–Crippen LogP) is 3.70. The fourth-order valence-electron chi connectivity index (χ4n) is 3.20. The molecule has 4 heterocycles. The van der Waals surface area contributed by atoms with E-state index in [2.05, 4.69) is 35.7 Å². The standard InChI is InChI=1S/C20H23N7OS/c28-19(24-20-26-25-18(29-20)16-7-3-4-10-21-16)23-14-15-8-9-17(22-13-15)27-11-5-1-2-6-12-27/h3-4,7-10,13H,1-2,5-6,11-12,14H2,(H2,23,24,26,28). The number of nitrogens with zero attached hydrogens (tertiary/aromatic N) is 5. The van der Waals surface area contributed by atoms with E-state index >= 15 is 0 Å². The molecule has 9 heteroatoms. The second-order valence-electron chi connectivity index (χ2n) is 6.86. The molecule has 3 aromatic heterocycles. The van der Waals surface area contributed by atoms with Crippen molar-refractivity contribution < 1.29 is 4.79 Å². The van der Waals surface area contributed by atoms with Gasteiger partial charge in [-0.25, -0.2) is 9.78 Å². The van der Waals surface area contributed by atoms with Crippen LogP contribution in [0.2, 0.25) is 0 Å². The van der Waals surface area contributed by atoms with Gasteiger partial charge in [-0.1, -0.05) is 36.3 Å². The second kappa shape index (κ2) is 9.42. The third-order valence-electron chi connectivity index (χ3n) is 4.72.